The van der Waals surface area contributed by atoms with Gasteiger partial charge in [-0.15, -0.1) is 0 Å². The summed E-state index contributed by atoms with van der Waals surface area (Å²) in [5, 5.41) is 6.88. The lowest BCUT2D eigenvalue weighted by Crippen LogP contribution is -2.27. The van der Waals surface area contributed by atoms with Gasteiger partial charge in [-0.1, -0.05) is 18.2 Å². The van der Waals surface area contributed by atoms with Crippen LogP contribution in [0, 0.1) is 0 Å². The molecule has 3 rings (SSSR count). The smallest absolute Gasteiger partial charge is 0.262 e. The molecule has 0 saturated heterocycles. The summed E-state index contributed by atoms with van der Waals surface area (Å²) < 4.78 is 21.9. The maximum absolute atomic E-state index is 11.3. The summed E-state index contributed by atoms with van der Waals surface area (Å²) >= 11 is -2.01. The first-order valence-electron chi connectivity index (χ1n) is 4.77. The lowest BCUT2D eigenvalue weighted by molar-refractivity contribution is 0.558. The Morgan fingerprint density at radius 3 is 3.06 bits per heavy atom. The molecule has 2 aromatic rings. The Kier molecular flexibility index (Phi) is 2.05. The molecular formula is C10H9N3O2S. The first kappa shape index (κ1) is 9.56. The van der Waals surface area contributed by atoms with Crippen LogP contribution >= 0.6 is 0 Å². The normalized spacial score (nSPS) is 15.4. The van der Waals surface area contributed by atoms with E-state index in [1.165, 1.54) is 4.31 Å². The molecule has 0 spiro atoms. The highest BCUT2D eigenvalue weighted by molar-refractivity contribution is 7.80. The minimum Gasteiger partial charge on any atom is -0.289 e. The van der Waals surface area contributed by atoms with Gasteiger partial charge in [0.25, 0.3) is 11.3 Å². The molecule has 0 aliphatic carbocycles. The first-order chi connectivity index (χ1) is 7.77. The van der Waals surface area contributed by atoms with Crippen LogP contribution < -0.4 is 4.31 Å². The molecule has 1 aliphatic heterocycles. The Bertz CT molecular complexity index is 567. The zero-order chi connectivity index (χ0) is 11.1. The van der Waals surface area contributed by atoms with Crippen molar-refractivity contribution in [1.29, 1.82) is 0 Å². The van der Waals surface area contributed by atoms with Crippen molar-refractivity contribution in [1.82, 2.24) is 10.2 Å². The number of benzene rings is 1. The molecule has 82 valence electrons. The zero-order valence-electron chi connectivity index (χ0n) is 8.25. The second-order valence-electron chi connectivity index (χ2n) is 3.55. The van der Waals surface area contributed by atoms with Crippen LogP contribution in [0.2, 0.25) is 0 Å². The van der Waals surface area contributed by atoms with Gasteiger partial charge < -0.3 is 0 Å². The Morgan fingerprint density at radius 1 is 1.44 bits per heavy atom. The number of nitrogens with zero attached hydrogens (tertiary/aromatic N) is 2. The number of aromatic amines is 1. The Balaban J connectivity index is 2.25. The zero-order valence-corrected chi connectivity index (χ0v) is 9.07. The maximum Gasteiger partial charge on any atom is 0.262 e. The number of fused-ring (bicyclic) bond motifs is 3. The summed E-state index contributed by atoms with van der Waals surface area (Å²) in [6.45, 7) is 0.395. The van der Waals surface area contributed by atoms with Crippen LogP contribution in [0.15, 0.2) is 30.5 Å². The molecular weight excluding hydrogens is 226 g/mol. The number of hydrogen-bond donors (Lipinski definition) is 2. The predicted molar refractivity (Wildman–Crippen MR) is 61.0 cm³/mol. The number of rotatable bonds is 1. The third-order valence-corrected chi connectivity index (χ3v) is 3.37. The van der Waals surface area contributed by atoms with Gasteiger partial charge in [-0.25, -0.2) is 4.21 Å². The van der Waals surface area contributed by atoms with Gasteiger partial charge in [0, 0.05) is 11.1 Å². The summed E-state index contributed by atoms with van der Waals surface area (Å²) in [6, 6.07) is 7.48. The topological polar surface area (TPSA) is 69.2 Å². The highest BCUT2D eigenvalue weighted by atomic mass is 32.2. The van der Waals surface area contributed by atoms with Gasteiger partial charge in [0.15, 0.2) is 0 Å². The molecule has 0 saturated carbocycles. The number of anilines is 1. The summed E-state index contributed by atoms with van der Waals surface area (Å²) in [6.07, 6.45) is 1.69. The van der Waals surface area contributed by atoms with Gasteiger partial charge in [0.05, 0.1) is 24.1 Å². The third-order valence-electron chi connectivity index (χ3n) is 2.66. The van der Waals surface area contributed by atoms with E-state index in [9.17, 15) is 8.76 Å². The van der Waals surface area contributed by atoms with Crippen LogP contribution in [0.5, 0.6) is 0 Å². The van der Waals surface area contributed by atoms with E-state index < -0.39 is 11.3 Å². The molecule has 1 aromatic heterocycles. The molecule has 16 heavy (non-hydrogen) atoms. The van der Waals surface area contributed by atoms with Crippen molar-refractivity contribution >= 4 is 17.0 Å². The van der Waals surface area contributed by atoms with Crippen LogP contribution in [0.4, 0.5) is 5.69 Å². The molecule has 1 unspecified atom stereocenters. The second kappa shape index (κ2) is 3.43. The predicted octanol–water partition coefficient (Wildman–Crippen LogP) is 1.53. The van der Waals surface area contributed by atoms with E-state index in [0.717, 1.165) is 22.5 Å². The van der Waals surface area contributed by atoms with E-state index in [4.69, 9.17) is 0 Å². The van der Waals surface area contributed by atoms with Crippen LogP contribution in [0.3, 0.4) is 0 Å². The van der Waals surface area contributed by atoms with E-state index in [2.05, 4.69) is 10.2 Å². The Morgan fingerprint density at radius 2 is 2.25 bits per heavy atom. The highest BCUT2D eigenvalue weighted by Gasteiger charge is 2.25. The number of para-hydroxylation sites is 1. The molecule has 2 heterocycles. The monoisotopic (exact) mass is 235 g/mol. The Hall–Kier alpha value is -1.66. The number of hydrogen-bond acceptors (Lipinski definition) is 2. The molecule has 1 aliphatic rings. The molecule has 6 heteroatoms. The fraction of sp³-hybridized carbons (Fsp3) is 0.100. The minimum atomic E-state index is -2.01. The standard InChI is InChI=1S/C10H9N3O2S/c14-16(15)13-6-7-5-11-12-10(7)8-3-1-2-4-9(8)13/h1-5H,6H2,(H,11,12)(H,14,15). The Labute approximate surface area is 94.5 Å². The molecule has 1 atom stereocenters. The fourth-order valence-corrected chi connectivity index (χ4v) is 2.52. The molecule has 0 radical (unpaired) electrons. The average Bonchev–Trinajstić information content (AvgIpc) is 2.75. The maximum atomic E-state index is 11.3. The lowest BCUT2D eigenvalue weighted by atomic mass is 10.0. The highest BCUT2D eigenvalue weighted by Crippen LogP contribution is 2.37. The quantitative estimate of drug-likeness (QED) is 0.736. The largest absolute Gasteiger partial charge is 0.289 e. The SMILES string of the molecule is O=S(O)N1Cc2cn[nH]c2-c2ccccc21. The molecule has 5 nitrogen and oxygen atoms in total. The first-order valence-corrected chi connectivity index (χ1v) is 5.84. The summed E-state index contributed by atoms with van der Waals surface area (Å²) in [5.74, 6) is 0. The number of H-pyrrole nitrogens is 1. The summed E-state index contributed by atoms with van der Waals surface area (Å²) in [5.41, 5.74) is 3.52. The van der Waals surface area contributed by atoms with Crippen LogP contribution in [-0.2, 0) is 17.8 Å². The van der Waals surface area contributed by atoms with Crippen molar-refractivity contribution in [2.24, 2.45) is 0 Å². The van der Waals surface area contributed by atoms with Gasteiger partial charge in [-0.3, -0.25) is 14.0 Å². The van der Waals surface area contributed by atoms with E-state index in [-0.39, 0.29) is 0 Å². The summed E-state index contributed by atoms with van der Waals surface area (Å²) in [4.78, 5) is 0. The average molecular weight is 235 g/mol. The molecule has 0 fully saturated rings. The van der Waals surface area contributed by atoms with Crippen LogP contribution in [0.1, 0.15) is 5.56 Å². The lowest BCUT2D eigenvalue weighted by Gasteiger charge is -2.26. The van der Waals surface area contributed by atoms with E-state index >= 15 is 0 Å². The number of aromatic nitrogens is 2. The van der Waals surface area contributed by atoms with Crippen molar-refractivity contribution in [3.8, 4) is 11.3 Å². The summed E-state index contributed by atoms with van der Waals surface area (Å²) in [7, 11) is 0. The van der Waals surface area contributed by atoms with E-state index in [0.29, 0.717) is 6.54 Å². The van der Waals surface area contributed by atoms with E-state index in [1.807, 2.05) is 24.3 Å². The second-order valence-corrected chi connectivity index (χ2v) is 4.46. The van der Waals surface area contributed by atoms with E-state index in [1.54, 1.807) is 6.20 Å². The fourth-order valence-electron chi connectivity index (χ4n) is 1.95. The van der Waals surface area contributed by atoms with Gasteiger partial charge in [-0.05, 0) is 6.07 Å². The van der Waals surface area contributed by atoms with Crippen LogP contribution in [0.25, 0.3) is 11.3 Å². The van der Waals surface area contributed by atoms with Crippen molar-refractivity contribution < 1.29 is 8.76 Å². The van der Waals surface area contributed by atoms with Crippen molar-refractivity contribution in [2.75, 3.05) is 4.31 Å². The molecule has 2 N–H and O–H groups in total. The number of nitrogens with one attached hydrogen (secondary N) is 1. The molecule has 0 bridgehead atoms. The van der Waals surface area contributed by atoms with Gasteiger partial charge in [0.1, 0.15) is 0 Å². The van der Waals surface area contributed by atoms with Gasteiger partial charge in [0.2, 0.25) is 0 Å². The third kappa shape index (κ3) is 1.27. The van der Waals surface area contributed by atoms with Crippen molar-refractivity contribution in [3.05, 3.63) is 36.0 Å². The molecule has 1 aromatic carbocycles. The van der Waals surface area contributed by atoms with Gasteiger partial charge in [-0.2, -0.15) is 5.10 Å². The van der Waals surface area contributed by atoms with Crippen molar-refractivity contribution in [2.45, 2.75) is 6.54 Å². The van der Waals surface area contributed by atoms with Crippen molar-refractivity contribution in [3.63, 3.8) is 0 Å². The molecule has 0 amide bonds. The van der Waals surface area contributed by atoms with Crippen LogP contribution in [-0.4, -0.2) is 19.0 Å². The van der Waals surface area contributed by atoms with Gasteiger partial charge >= 0.3 is 0 Å². The minimum absolute atomic E-state index is 0.395.